The smallest absolute Gasteiger partial charge is 0.481 e. The minimum Gasteiger partial charge on any atom is -0.481 e. The summed E-state index contributed by atoms with van der Waals surface area (Å²) in [5, 5.41) is 32.7. The topological polar surface area (TPSA) is 238 Å². The van der Waals surface area contributed by atoms with Gasteiger partial charge in [0.1, 0.15) is 22.8 Å². The number of β-lactam (4-membered cyclic amide) rings is 1. The number of anilines is 2. The van der Waals surface area contributed by atoms with E-state index in [1.165, 1.54) is 41.4 Å². The van der Waals surface area contributed by atoms with Gasteiger partial charge in [-0.25, -0.2) is 19.6 Å². The largest absolute Gasteiger partial charge is 0.490 e. The van der Waals surface area contributed by atoms with Crippen molar-refractivity contribution in [3.63, 3.8) is 0 Å². The third kappa shape index (κ3) is 6.88. The number of fused-ring (bicyclic) bond motifs is 1. The quantitative estimate of drug-likeness (QED) is 0.0902. The van der Waals surface area contributed by atoms with Crippen molar-refractivity contribution >= 4 is 69.3 Å². The van der Waals surface area contributed by atoms with Gasteiger partial charge in [-0.2, -0.15) is 13.2 Å². The number of aliphatic carboxylic acids is 2. The van der Waals surface area contributed by atoms with Gasteiger partial charge in [-0.15, -0.1) is 23.1 Å². The van der Waals surface area contributed by atoms with Gasteiger partial charge in [0.15, 0.2) is 10.8 Å². The zero-order valence-electron chi connectivity index (χ0n) is 23.2. The molecule has 3 amide bonds. The number of nitrogens with two attached hydrogens (primary N) is 1. The van der Waals surface area contributed by atoms with Gasteiger partial charge in [0.25, 0.3) is 17.7 Å². The Morgan fingerprint density at radius 3 is 2.46 bits per heavy atom. The molecule has 5 heterocycles. The number of alkyl halides is 3. The summed E-state index contributed by atoms with van der Waals surface area (Å²) in [7, 11) is 1.49. The Morgan fingerprint density at radius 2 is 1.93 bits per heavy atom. The molecule has 2 saturated heterocycles. The molecule has 16 nitrogen and oxygen atoms in total. The zero-order valence-corrected chi connectivity index (χ0v) is 24.9. The molecule has 0 radical (unpaired) electrons. The minimum absolute atomic E-state index is 0.0400. The molecule has 21 heteroatoms. The second-order valence-corrected chi connectivity index (χ2v) is 11.3. The molecule has 244 valence electrons. The molecule has 0 aliphatic carbocycles. The predicted octanol–water partition coefficient (Wildman–Crippen LogP) is 1.04. The van der Waals surface area contributed by atoms with Crippen LogP contribution in [0.1, 0.15) is 12.1 Å². The second kappa shape index (κ2) is 13.4. The van der Waals surface area contributed by atoms with Crippen molar-refractivity contribution in [1.82, 2.24) is 20.2 Å². The van der Waals surface area contributed by atoms with Gasteiger partial charge in [0.2, 0.25) is 5.88 Å². The molecule has 3 aliphatic rings. The van der Waals surface area contributed by atoms with Crippen LogP contribution in [0.3, 0.4) is 0 Å². The van der Waals surface area contributed by atoms with Gasteiger partial charge in [-0.05, 0) is 24.1 Å². The standard InChI is InChI=1S/C23H21N7O7S2.C2HF3O2/c1-37-14-3-2-12(7-25-14)29-5-4-10(19(29)32)6-11-8-38-21-16(20(33)30(21)17(11)22(34)35)27-18(31)15(28-36)13-9-39-23(24)26-13;3-2(4,5)1(6)7/h2-3,6-7,9,16,21,36H,4-5,8H2,1H3,(H2,24,26)(H,27,31)(H,34,35);(H,6,7)/b10-6+,28-15-;/t16-,21-;/m1./s1. The van der Waals surface area contributed by atoms with Crippen molar-refractivity contribution in [2.24, 2.45) is 5.16 Å². The summed E-state index contributed by atoms with van der Waals surface area (Å²) in [4.78, 5) is 70.5. The van der Waals surface area contributed by atoms with Crippen LogP contribution < -0.4 is 20.7 Å². The minimum atomic E-state index is -5.08. The SMILES string of the molecule is COc1ccc(N2CC/C(=C\C3=C(C(=O)O)N4C(=O)[C@@H](NC(=O)/C(=N\O)c5csc(N)n5)[C@H]4SC3)C2=O)cn1.O=C(O)C(F)(F)F. The highest BCUT2D eigenvalue weighted by Gasteiger charge is 2.54. The number of nitrogens with zero attached hydrogens (tertiary/aromatic N) is 5. The Kier molecular flexibility index (Phi) is 9.85. The van der Waals surface area contributed by atoms with Crippen molar-refractivity contribution in [2.45, 2.75) is 24.0 Å². The van der Waals surface area contributed by atoms with E-state index in [-0.39, 0.29) is 28.2 Å². The number of methoxy groups -OCH3 is 1. The van der Waals surface area contributed by atoms with Crippen LogP contribution in [0.2, 0.25) is 0 Å². The number of halogens is 3. The lowest BCUT2D eigenvalue weighted by molar-refractivity contribution is -0.192. The molecule has 0 aromatic carbocycles. The summed E-state index contributed by atoms with van der Waals surface area (Å²) < 4.78 is 36.8. The van der Waals surface area contributed by atoms with Crippen LogP contribution >= 0.6 is 23.1 Å². The van der Waals surface area contributed by atoms with E-state index in [4.69, 9.17) is 20.4 Å². The van der Waals surface area contributed by atoms with Crippen molar-refractivity contribution < 1.29 is 57.3 Å². The Morgan fingerprint density at radius 1 is 1.24 bits per heavy atom. The van der Waals surface area contributed by atoms with E-state index in [1.807, 2.05) is 0 Å². The highest BCUT2D eigenvalue weighted by Crippen LogP contribution is 2.41. The fourth-order valence-electron chi connectivity index (χ4n) is 4.43. The van der Waals surface area contributed by atoms with Gasteiger partial charge in [-0.3, -0.25) is 19.3 Å². The number of rotatable bonds is 7. The van der Waals surface area contributed by atoms with E-state index < -0.39 is 47.1 Å². The lowest BCUT2D eigenvalue weighted by atomic mass is 10.0. The van der Waals surface area contributed by atoms with Crippen LogP contribution in [0, 0.1) is 0 Å². The lowest BCUT2D eigenvalue weighted by Crippen LogP contribution is -2.71. The van der Waals surface area contributed by atoms with Crippen LogP contribution in [0.15, 0.2) is 51.8 Å². The first-order valence-electron chi connectivity index (χ1n) is 12.7. The monoisotopic (exact) mass is 685 g/mol. The third-order valence-corrected chi connectivity index (χ3v) is 8.50. The number of amides is 3. The molecule has 0 bridgehead atoms. The summed E-state index contributed by atoms with van der Waals surface area (Å²) in [6, 6.07) is 2.30. The number of carbonyl (C=O) groups excluding carboxylic acids is 3. The molecule has 5 rings (SSSR count). The number of oxime groups is 1. The van der Waals surface area contributed by atoms with Crippen LogP contribution in [0.4, 0.5) is 24.0 Å². The molecule has 46 heavy (non-hydrogen) atoms. The average Bonchev–Trinajstić information content (AvgIpc) is 3.60. The van der Waals surface area contributed by atoms with E-state index in [0.717, 1.165) is 16.2 Å². The van der Waals surface area contributed by atoms with Gasteiger partial charge in [0.05, 0.1) is 19.0 Å². The maximum Gasteiger partial charge on any atom is 0.490 e. The maximum absolute atomic E-state index is 13.1. The molecule has 6 N–H and O–H groups in total. The molecule has 0 unspecified atom stereocenters. The zero-order chi connectivity index (χ0) is 33.9. The van der Waals surface area contributed by atoms with Crippen molar-refractivity contribution in [3.05, 3.63) is 52.3 Å². The first kappa shape index (κ1) is 33.7. The molecule has 2 fully saturated rings. The number of hydrogen-bond acceptors (Lipinski definition) is 13. The number of nitrogens with one attached hydrogen (secondary N) is 1. The van der Waals surface area contributed by atoms with Crippen molar-refractivity contribution in [1.29, 1.82) is 0 Å². The fourth-order valence-corrected chi connectivity index (χ4v) is 6.28. The van der Waals surface area contributed by atoms with Crippen molar-refractivity contribution in [3.8, 4) is 5.88 Å². The Bertz CT molecular complexity index is 1680. The number of ether oxygens (including phenoxy) is 1. The first-order valence-corrected chi connectivity index (χ1v) is 14.6. The lowest BCUT2D eigenvalue weighted by Gasteiger charge is -2.49. The van der Waals surface area contributed by atoms with Crippen LogP contribution in [0.5, 0.6) is 5.88 Å². The third-order valence-electron chi connectivity index (χ3n) is 6.52. The molecule has 2 aromatic heterocycles. The number of carboxylic acids is 2. The van der Waals surface area contributed by atoms with Gasteiger partial charge < -0.3 is 36.1 Å². The number of pyridine rings is 1. The number of carbonyl (C=O) groups is 5. The predicted molar refractivity (Wildman–Crippen MR) is 154 cm³/mol. The number of nitrogen functional groups attached to an aromatic ring is 1. The summed E-state index contributed by atoms with van der Waals surface area (Å²) in [6.07, 6.45) is -1.66. The van der Waals surface area contributed by atoms with E-state index in [9.17, 15) is 42.7 Å². The first-order chi connectivity index (χ1) is 21.7. The maximum atomic E-state index is 13.1. The van der Waals surface area contributed by atoms with Crippen LogP contribution in [-0.4, -0.2) is 103 Å². The normalized spacial score (nSPS) is 20.5. The number of thioether (sulfide) groups is 1. The number of carboxylic acid groups (broad SMARTS) is 2. The van der Waals surface area contributed by atoms with Gasteiger partial charge in [-0.1, -0.05) is 5.16 Å². The summed E-state index contributed by atoms with van der Waals surface area (Å²) >= 11 is 2.28. The summed E-state index contributed by atoms with van der Waals surface area (Å²) in [6.45, 7) is 0.389. The molecule has 0 saturated carbocycles. The summed E-state index contributed by atoms with van der Waals surface area (Å²) in [5.41, 5.74) is 6.24. The molecule has 2 aromatic rings. The van der Waals surface area contributed by atoms with E-state index >= 15 is 0 Å². The number of aromatic nitrogens is 2. The Hall–Kier alpha value is -5.18. The Balaban J connectivity index is 0.000000617. The second-order valence-electron chi connectivity index (χ2n) is 9.30. The number of thiazole rings is 1. The molecule has 3 aliphatic heterocycles. The van der Waals surface area contributed by atoms with Crippen LogP contribution in [-0.2, 0) is 24.0 Å². The summed E-state index contributed by atoms with van der Waals surface area (Å²) in [5.74, 6) is -5.28. The molecule has 0 spiro atoms. The van der Waals surface area contributed by atoms with Crippen molar-refractivity contribution in [2.75, 3.05) is 30.0 Å². The number of hydrogen-bond donors (Lipinski definition) is 5. The highest BCUT2D eigenvalue weighted by atomic mass is 32.2. The van der Waals surface area contributed by atoms with E-state index in [0.29, 0.717) is 35.7 Å². The highest BCUT2D eigenvalue weighted by molar-refractivity contribution is 8.00. The fraction of sp³-hybridized carbons (Fsp3) is 0.280. The van der Waals surface area contributed by atoms with Crippen LogP contribution in [0.25, 0.3) is 0 Å². The van der Waals surface area contributed by atoms with E-state index in [1.54, 1.807) is 12.1 Å². The Labute approximate surface area is 264 Å². The average molecular weight is 686 g/mol. The van der Waals surface area contributed by atoms with Gasteiger partial charge >= 0.3 is 18.1 Å². The molecular formula is C25H22F3N7O9S2. The van der Waals surface area contributed by atoms with E-state index in [2.05, 4.69) is 20.4 Å². The molecular weight excluding hydrogens is 663 g/mol. The number of allylic oxidation sites excluding steroid dienone is 1. The van der Waals surface area contributed by atoms with Gasteiger partial charge in [0, 0.05) is 29.3 Å². The molecule has 2 atom stereocenters.